The summed E-state index contributed by atoms with van der Waals surface area (Å²) < 4.78 is 0. The second-order valence-corrected chi connectivity index (χ2v) is 3.67. The quantitative estimate of drug-likeness (QED) is 0.845. The maximum atomic E-state index is 10.6. The second kappa shape index (κ2) is 4.53. The van der Waals surface area contributed by atoms with Crippen molar-refractivity contribution < 1.29 is 9.90 Å². The molecule has 1 rings (SSSR count). The molecule has 1 unspecified atom stereocenters. The van der Waals surface area contributed by atoms with Crippen molar-refractivity contribution in [2.45, 2.75) is 13.0 Å². The van der Waals surface area contributed by atoms with Crippen LogP contribution in [0.25, 0.3) is 0 Å². The fourth-order valence-corrected chi connectivity index (χ4v) is 1.36. The van der Waals surface area contributed by atoms with Gasteiger partial charge in [0.15, 0.2) is 0 Å². The molecule has 5 heteroatoms. The standard InChI is InChI=1S/C9H9Cl2NO2/c1-5(9(13)14)12-8-3-2-6(10)4-7(8)11/h2-5,12H,1H3,(H,13,14). The fourth-order valence-electron chi connectivity index (χ4n) is 0.902. The molecule has 0 amide bonds. The number of hydrogen-bond acceptors (Lipinski definition) is 2. The van der Waals surface area contributed by atoms with Crippen LogP contribution in [-0.4, -0.2) is 17.1 Å². The largest absolute Gasteiger partial charge is 0.480 e. The van der Waals surface area contributed by atoms with E-state index in [4.69, 9.17) is 28.3 Å². The highest BCUT2D eigenvalue weighted by Gasteiger charge is 2.11. The number of hydrogen-bond donors (Lipinski definition) is 2. The smallest absolute Gasteiger partial charge is 0.325 e. The molecule has 0 aromatic heterocycles. The zero-order valence-corrected chi connectivity index (χ0v) is 8.93. The average Bonchev–Trinajstić information content (AvgIpc) is 2.09. The lowest BCUT2D eigenvalue weighted by molar-refractivity contribution is -0.137. The lowest BCUT2D eigenvalue weighted by Gasteiger charge is -2.11. The van der Waals surface area contributed by atoms with Gasteiger partial charge in [-0.15, -0.1) is 0 Å². The van der Waals surface area contributed by atoms with E-state index < -0.39 is 12.0 Å². The molecule has 1 aromatic rings. The van der Waals surface area contributed by atoms with Gasteiger partial charge in [0.05, 0.1) is 10.7 Å². The third-order valence-corrected chi connectivity index (χ3v) is 2.22. The number of aliphatic carboxylic acids is 1. The van der Waals surface area contributed by atoms with Gasteiger partial charge in [-0.3, -0.25) is 4.79 Å². The van der Waals surface area contributed by atoms with Gasteiger partial charge in [0.25, 0.3) is 0 Å². The highest BCUT2D eigenvalue weighted by atomic mass is 35.5. The Hall–Kier alpha value is -0.930. The van der Waals surface area contributed by atoms with E-state index in [-0.39, 0.29) is 0 Å². The topological polar surface area (TPSA) is 49.3 Å². The summed E-state index contributed by atoms with van der Waals surface area (Å²) in [4.78, 5) is 10.6. The number of carbonyl (C=O) groups is 1. The lowest BCUT2D eigenvalue weighted by atomic mass is 10.2. The fraction of sp³-hybridized carbons (Fsp3) is 0.222. The Balaban J connectivity index is 2.82. The van der Waals surface area contributed by atoms with Crippen molar-refractivity contribution in [2.75, 3.05) is 5.32 Å². The summed E-state index contributed by atoms with van der Waals surface area (Å²) >= 11 is 11.5. The Kier molecular flexibility index (Phi) is 3.61. The molecule has 0 bridgehead atoms. The number of rotatable bonds is 3. The molecule has 0 saturated carbocycles. The first kappa shape index (κ1) is 11.1. The molecule has 0 aliphatic carbocycles. The van der Waals surface area contributed by atoms with E-state index >= 15 is 0 Å². The van der Waals surface area contributed by atoms with Gasteiger partial charge in [-0.25, -0.2) is 0 Å². The van der Waals surface area contributed by atoms with Crippen molar-refractivity contribution in [3.05, 3.63) is 28.2 Å². The Bertz CT molecular complexity index is 355. The number of anilines is 1. The minimum atomic E-state index is -0.934. The molecule has 0 spiro atoms. The first-order valence-electron chi connectivity index (χ1n) is 3.95. The molecule has 0 saturated heterocycles. The van der Waals surface area contributed by atoms with Crippen molar-refractivity contribution in [1.82, 2.24) is 0 Å². The van der Waals surface area contributed by atoms with E-state index in [1.807, 2.05) is 0 Å². The average molecular weight is 234 g/mol. The van der Waals surface area contributed by atoms with Gasteiger partial charge < -0.3 is 10.4 Å². The van der Waals surface area contributed by atoms with Crippen molar-refractivity contribution in [3.63, 3.8) is 0 Å². The molecule has 0 radical (unpaired) electrons. The van der Waals surface area contributed by atoms with Crippen LogP contribution in [-0.2, 0) is 4.79 Å². The zero-order valence-electron chi connectivity index (χ0n) is 7.42. The number of carboxylic acid groups (broad SMARTS) is 1. The third kappa shape index (κ3) is 2.79. The Morgan fingerprint density at radius 1 is 1.50 bits per heavy atom. The minimum absolute atomic E-state index is 0.408. The summed E-state index contributed by atoms with van der Waals surface area (Å²) in [5, 5.41) is 12.3. The predicted molar refractivity (Wildman–Crippen MR) is 57.2 cm³/mol. The number of benzene rings is 1. The normalized spacial score (nSPS) is 12.2. The van der Waals surface area contributed by atoms with Crippen molar-refractivity contribution in [2.24, 2.45) is 0 Å². The van der Waals surface area contributed by atoms with Crippen LogP contribution >= 0.6 is 23.2 Å². The molecule has 0 aliphatic rings. The van der Waals surface area contributed by atoms with Crippen LogP contribution < -0.4 is 5.32 Å². The SMILES string of the molecule is CC(Nc1ccc(Cl)cc1Cl)C(=O)O. The van der Waals surface area contributed by atoms with E-state index in [0.717, 1.165) is 0 Å². The zero-order chi connectivity index (χ0) is 10.7. The molecule has 1 atom stereocenters. The third-order valence-electron chi connectivity index (χ3n) is 1.67. The van der Waals surface area contributed by atoms with Crippen LogP contribution in [0.5, 0.6) is 0 Å². The number of carboxylic acids is 1. The second-order valence-electron chi connectivity index (χ2n) is 2.83. The molecule has 1 aromatic carbocycles. The van der Waals surface area contributed by atoms with Gasteiger partial charge in [0, 0.05) is 5.02 Å². The highest BCUT2D eigenvalue weighted by Crippen LogP contribution is 2.25. The first-order chi connectivity index (χ1) is 6.50. The molecule has 2 N–H and O–H groups in total. The lowest BCUT2D eigenvalue weighted by Crippen LogP contribution is -2.25. The summed E-state index contributed by atoms with van der Waals surface area (Å²) in [7, 11) is 0. The summed E-state index contributed by atoms with van der Waals surface area (Å²) in [6.07, 6.45) is 0. The molecule has 14 heavy (non-hydrogen) atoms. The summed E-state index contributed by atoms with van der Waals surface area (Å²) in [6, 6.07) is 4.16. The van der Waals surface area contributed by atoms with Gasteiger partial charge in [0.1, 0.15) is 6.04 Å². The van der Waals surface area contributed by atoms with E-state index in [2.05, 4.69) is 5.32 Å². The van der Waals surface area contributed by atoms with E-state index in [0.29, 0.717) is 15.7 Å². The maximum absolute atomic E-state index is 10.6. The Morgan fingerprint density at radius 3 is 2.64 bits per heavy atom. The molecule has 0 aliphatic heterocycles. The van der Waals surface area contributed by atoms with E-state index in [1.54, 1.807) is 18.2 Å². The van der Waals surface area contributed by atoms with Crippen LogP contribution in [0.2, 0.25) is 10.0 Å². The van der Waals surface area contributed by atoms with Crippen LogP contribution in [0.1, 0.15) is 6.92 Å². The van der Waals surface area contributed by atoms with Crippen LogP contribution in [0.4, 0.5) is 5.69 Å². The molecular formula is C9H9Cl2NO2. The summed E-state index contributed by atoms with van der Waals surface area (Å²) in [5.74, 6) is -0.934. The summed E-state index contributed by atoms with van der Waals surface area (Å²) in [5.41, 5.74) is 0.561. The monoisotopic (exact) mass is 233 g/mol. The van der Waals surface area contributed by atoms with Gasteiger partial charge in [-0.2, -0.15) is 0 Å². The first-order valence-corrected chi connectivity index (χ1v) is 4.70. The maximum Gasteiger partial charge on any atom is 0.325 e. The number of nitrogens with one attached hydrogen (secondary N) is 1. The van der Waals surface area contributed by atoms with Gasteiger partial charge in [-0.1, -0.05) is 23.2 Å². The van der Waals surface area contributed by atoms with E-state index in [1.165, 1.54) is 6.92 Å². The molecule has 0 fully saturated rings. The van der Waals surface area contributed by atoms with Crippen molar-refractivity contribution in [1.29, 1.82) is 0 Å². The van der Waals surface area contributed by atoms with Crippen LogP contribution in [0.3, 0.4) is 0 Å². The molecule has 76 valence electrons. The van der Waals surface area contributed by atoms with Crippen LogP contribution in [0.15, 0.2) is 18.2 Å². The van der Waals surface area contributed by atoms with Crippen molar-refractivity contribution >= 4 is 34.9 Å². The Labute approximate surface area is 91.6 Å². The Morgan fingerprint density at radius 2 is 2.14 bits per heavy atom. The van der Waals surface area contributed by atoms with Gasteiger partial charge in [-0.05, 0) is 25.1 Å². The molecule has 0 heterocycles. The van der Waals surface area contributed by atoms with Crippen molar-refractivity contribution in [3.8, 4) is 0 Å². The number of halogens is 2. The molecule has 3 nitrogen and oxygen atoms in total. The summed E-state index contributed by atoms with van der Waals surface area (Å²) in [6.45, 7) is 1.53. The van der Waals surface area contributed by atoms with Crippen LogP contribution in [0, 0.1) is 0 Å². The highest BCUT2D eigenvalue weighted by molar-refractivity contribution is 6.36. The van der Waals surface area contributed by atoms with E-state index in [9.17, 15) is 4.79 Å². The minimum Gasteiger partial charge on any atom is -0.480 e. The predicted octanol–water partition coefficient (Wildman–Crippen LogP) is 2.88. The molecular weight excluding hydrogens is 225 g/mol. The van der Waals surface area contributed by atoms with Gasteiger partial charge in [0.2, 0.25) is 0 Å². The van der Waals surface area contributed by atoms with Gasteiger partial charge >= 0.3 is 5.97 Å².